The summed E-state index contributed by atoms with van der Waals surface area (Å²) >= 11 is 5.73. The van der Waals surface area contributed by atoms with Crippen molar-refractivity contribution < 1.29 is 19.1 Å². The number of primary amides is 1. The highest BCUT2D eigenvalue weighted by Gasteiger charge is 2.32. The average Bonchev–Trinajstić information content (AvgIpc) is 2.28. The maximum atomic E-state index is 11.7. The number of rotatable bonds is 5. The topological polar surface area (TPSA) is 78.6 Å². The van der Waals surface area contributed by atoms with Gasteiger partial charge in [-0.05, 0) is 38.1 Å². The van der Waals surface area contributed by atoms with E-state index < -0.39 is 24.1 Å². The molecule has 0 spiro atoms. The van der Waals surface area contributed by atoms with E-state index in [-0.39, 0.29) is 0 Å². The average molecular weight is 272 g/mol. The first kappa shape index (κ1) is 14.3. The van der Waals surface area contributed by atoms with E-state index in [1.54, 1.807) is 24.3 Å². The maximum Gasteiger partial charge on any atom is 0.350 e. The third kappa shape index (κ3) is 4.25. The van der Waals surface area contributed by atoms with Crippen LogP contribution >= 0.6 is 11.6 Å². The third-order valence-corrected chi connectivity index (χ3v) is 2.28. The van der Waals surface area contributed by atoms with Gasteiger partial charge in [0.15, 0.2) is 12.2 Å². The summed E-state index contributed by atoms with van der Waals surface area (Å²) in [4.78, 5) is 22.2. The molecule has 0 aliphatic heterocycles. The summed E-state index contributed by atoms with van der Waals surface area (Å²) < 4.78 is 10.2. The van der Waals surface area contributed by atoms with Crippen molar-refractivity contribution in [2.24, 2.45) is 5.73 Å². The van der Waals surface area contributed by atoms with Crippen LogP contribution in [0, 0.1) is 0 Å². The predicted octanol–water partition coefficient (Wildman–Crippen LogP) is 1.53. The molecule has 1 aromatic rings. The molecule has 0 aromatic heterocycles. The quantitative estimate of drug-likeness (QED) is 0.824. The van der Waals surface area contributed by atoms with Crippen LogP contribution in [0.5, 0.6) is 5.75 Å². The fraction of sp³-hybridized carbons (Fsp3) is 0.333. The summed E-state index contributed by atoms with van der Waals surface area (Å²) in [5.74, 6) is -0.915. The maximum absolute atomic E-state index is 11.7. The number of benzene rings is 1. The Hall–Kier alpha value is -1.75. The lowest BCUT2D eigenvalue weighted by molar-refractivity contribution is -0.161. The van der Waals surface area contributed by atoms with Crippen molar-refractivity contribution >= 4 is 23.5 Å². The summed E-state index contributed by atoms with van der Waals surface area (Å²) in [5.41, 5.74) is 3.66. The summed E-state index contributed by atoms with van der Waals surface area (Å²) in [5, 5.41) is 0.566. The van der Waals surface area contributed by atoms with Gasteiger partial charge in [0.25, 0.3) is 5.91 Å². The van der Waals surface area contributed by atoms with Crippen LogP contribution in [0.15, 0.2) is 24.3 Å². The minimum atomic E-state index is -1.22. The molecule has 0 unspecified atom stereocenters. The minimum Gasteiger partial charge on any atom is -0.476 e. The van der Waals surface area contributed by atoms with Gasteiger partial charge in [0.05, 0.1) is 0 Å². The number of carbonyl (C=O) groups is 2. The first-order valence-corrected chi connectivity index (χ1v) is 5.59. The number of hydrogen-bond acceptors (Lipinski definition) is 4. The van der Waals surface area contributed by atoms with E-state index in [1.807, 2.05) is 0 Å². The zero-order valence-corrected chi connectivity index (χ0v) is 10.9. The second-order valence-corrected chi connectivity index (χ2v) is 4.55. The summed E-state index contributed by atoms with van der Waals surface area (Å²) in [7, 11) is 0. The van der Waals surface area contributed by atoms with Gasteiger partial charge in [-0.3, -0.25) is 4.79 Å². The van der Waals surface area contributed by atoms with Crippen LogP contribution in [0.1, 0.15) is 13.8 Å². The number of halogens is 1. The van der Waals surface area contributed by atoms with Crippen molar-refractivity contribution in [1.29, 1.82) is 0 Å². The molecule has 2 N–H and O–H groups in total. The van der Waals surface area contributed by atoms with Crippen LogP contribution in [0.3, 0.4) is 0 Å². The van der Waals surface area contributed by atoms with Crippen molar-refractivity contribution in [2.75, 3.05) is 6.61 Å². The number of ether oxygens (including phenoxy) is 2. The summed E-state index contributed by atoms with van der Waals surface area (Å²) in [6.07, 6.45) is 0. The molecule has 6 heteroatoms. The highest BCUT2D eigenvalue weighted by atomic mass is 35.5. The normalized spacial score (nSPS) is 10.8. The van der Waals surface area contributed by atoms with Crippen LogP contribution in [-0.4, -0.2) is 24.1 Å². The van der Waals surface area contributed by atoms with Gasteiger partial charge in [-0.15, -0.1) is 0 Å². The van der Waals surface area contributed by atoms with Gasteiger partial charge >= 0.3 is 5.97 Å². The lowest BCUT2D eigenvalue weighted by Gasteiger charge is -2.24. The van der Waals surface area contributed by atoms with Gasteiger partial charge in [-0.25, -0.2) is 4.79 Å². The zero-order valence-electron chi connectivity index (χ0n) is 10.1. The molecule has 0 bridgehead atoms. The standard InChI is InChI=1S/C12H14ClNO4/c1-12(2,11(16)17-7-10(14)15)18-9-5-3-8(13)4-6-9/h3-6H,7H2,1-2H3,(H2,14,15). The Kier molecular flexibility index (Phi) is 4.55. The molecule has 0 fully saturated rings. The van der Waals surface area contributed by atoms with Crippen LogP contribution in [0.2, 0.25) is 5.02 Å². The second-order valence-electron chi connectivity index (χ2n) is 4.11. The van der Waals surface area contributed by atoms with Crippen molar-refractivity contribution in [1.82, 2.24) is 0 Å². The first-order chi connectivity index (χ1) is 8.31. The molecular weight excluding hydrogens is 258 g/mol. The van der Waals surface area contributed by atoms with Gasteiger partial charge in [-0.1, -0.05) is 11.6 Å². The van der Waals surface area contributed by atoms with Gasteiger partial charge in [0, 0.05) is 5.02 Å². The Bertz CT molecular complexity index is 442. The highest BCUT2D eigenvalue weighted by Crippen LogP contribution is 2.21. The Labute approximate surface area is 110 Å². The van der Waals surface area contributed by atoms with Crippen LogP contribution in [0.4, 0.5) is 0 Å². The van der Waals surface area contributed by atoms with Gasteiger partial charge in [0.1, 0.15) is 5.75 Å². The molecule has 18 heavy (non-hydrogen) atoms. The molecule has 0 atom stereocenters. The molecule has 0 saturated carbocycles. The Morgan fingerprint density at radius 2 is 1.83 bits per heavy atom. The molecule has 0 saturated heterocycles. The van der Waals surface area contributed by atoms with Crippen molar-refractivity contribution in [3.8, 4) is 5.75 Å². The minimum absolute atomic E-state index is 0.466. The Morgan fingerprint density at radius 1 is 1.28 bits per heavy atom. The van der Waals surface area contributed by atoms with Crippen LogP contribution < -0.4 is 10.5 Å². The fourth-order valence-corrected chi connectivity index (χ4v) is 1.28. The lowest BCUT2D eigenvalue weighted by Crippen LogP contribution is -2.41. The summed E-state index contributed by atoms with van der Waals surface area (Å²) in [6.45, 7) is 2.60. The van der Waals surface area contributed by atoms with E-state index in [4.69, 9.17) is 26.8 Å². The Morgan fingerprint density at radius 3 is 2.33 bits per heavy atom. The molecule has 0 radical (unpaired) electrons. The monoisotopic (exact) mass is 271 g/mol. The number of nitrogens with two attached hydrogens (primary N) is 1. The van der Waals surface area contributed by atoms with Gasteiger partial charge in [-0.2, -0.15) is 0 Å². The van der Waals surface area contributed by atoms with E-state index in [1.165, 1.54) is 13.8 Å². The van der Waals surface area contributed by atoms with Crippen LogP contribution in [-0.2, 0) is 14.3 Å². The van der Waals surface area contributed by atoms with Gasteiger partial charge in [0.2, 0.25) is 0 Å². The van der Waals surface area contributed by atoms with E-state index >= 15 is 0 Å². The second kappa shape index (κ2) is 5.73. The van der Waals surface area contributed by atoms with Crippen molar-refractivity contribution in [2.45, 2.75) is 19.4 Å². The van der Waals surface area contributed by atoms with E-state index in [0.717, 1.165) is 0 Å². The van der Waals surface area contributed by atoms with Crippen LogP contribution in [0.25, 0.3) is 0 Å². The van der Waals surface area contributed by atoms with Gasteiger partial charge < -0.3 is 15.2 Å². The number of amides is 1. The van der Waals surface area contributed by atoms with E-state index in [2.05, 4.69) is 0 Å². The first-order valence-electron chi connectivity index (χ1n) is 5.21. The number of carbonyl (C=O) groups excluding carboxylic acids is 2. The molecule has 1 aromatic carbocycles. The number of hydrogen-bond donors (Lipinski definition) is 1. The predicted molar refractivity (Wildman–Crippen MR) is 66.3 cm³/mol. The molecule has 1 amide bonds. The third-order valence-electron chi connectivity index (χ3n) is 2.02. The fourth-order valence-electron chi connectivity index (χ4n) is 1.15. The molecule has 0 heterocycles. The largest absolute Gasteiger partial charge is 0.476 e. The van der Waals surface area contributed by atoms with E-state index in [9.17, 15) is 9.59 Å². The molecule has 0 aliphatic rings. The lowest BCUT2D eigenvalue weighted by atomic mass is 10.1. The van der Waals surface area contributed by atoms with Crippen molar-refractivity contribution in [3.63, 3.8) is 0 Å². The highest BCUT2D eigenvalue weighted by molar-refractivity contribution is 6.30. The smallest absolute Gasteiger partial charge is 0.350 e. The van der Waals surface area contributed by atoms with Crippen molar-refractivity contribution in [3.05, 3.63) is 29.3 Å². The molecule has 98 valence electrons. The summed E-state index contributed by atoms with van der Waals surface area (Å²) in [6, 6.07) is 6.54. The molecule has 0 aliphatic carbocycles. The van der Waals surface area contributed by atoms with E-state index in [0.29, 0.717) is 10.8 Å². The molecule has 1 rings (SSSR count). The zero-order chi connectivity index (χ0) is 13.8. The molecular formula is C12H14ClNO4. The Balaban J connectivity index is 2.65. The SMILES string of the molecule is CC(C)(Oc1ccc(Cl)cc1)C(=O)OCC(N)=O. The molecule has 5 nitrogen and oxygen atoms in total. The number of esters is 1.